The predicted molar refractivity (Wildman–Crippen MR) is 88.9 cm³/mol. The SMILES string of the molecule is Cc1ccc(Cl)cc1NC(=O)CNC1CCC(C)(C)CC1. The fraction of sp³-hybridized carbons (Fsp3) is 0.588. The number of carbonyl (C=O) groups excluding carboxylic acids is 1. The highest BCUT2D eigenvalue weighted by Crippen LogP contribution is 2.34. The van der Waals surface area contributed by atoms with Crippen molar-refractivity contribution < 1.29 is 4.79 Å². The van der Waals surface area contributed by atoms with Gasteiger partial charge in [0.15, 0.2) is 0 Å². The summed E-state index contributed by atoms with van der Waals surface area (Å²) >= 11 is 5.96. The van der Waals surface area contributed by atoms with E-state index in [1.54, 1.807) is 6.07 Å². The van der Waals surface area contributed by atoms with Gasteiger partial charge < -0.3 is 10.6 Å². The van der Waals surface area contributed by atoms with Gasteiger partial charge in [-0.05, 0) is 55.7 Å². The average Bonchev–Trinajstić information content (AvgIpc) is 2.42. The third kappa shape index (κ3) is 5.01. The molecule has 1 aromatic carbocycles. The van der Waals surface area contributed by atoms with Crippen molar-refractivity contribution in [3.8, 4) is 0 Å². The van der Waals surface area contributed by atoms with Gasteiger partial charge in [-0.2, -0.15) is 0 Å². The van der Waals surface area contributed by atoms with Gasteiger partial charge >= 0.3 is 0 Å². The number of nitrogens with one attached hydrogen (secondary N) is 2. The summed E-state index contributed by atoms with van der Waals surface area (Å²) in [4.78, 5) is 12.0. The van der Waals surface area contributed by atoms with Crippen LogP contribution in [-0.4, -0.2) is 18.5 Å². The van der Waals surface area contributed by atoms with Crippen LogP contribution in [0.5, 0.6) is 0 Å². The Labute approximate surface area is 132 Å². The van der Waals surface area contributed by atoms with Gasteiger partial charge in [0.05, 0.1) is 6.54 Å². The van der Waals surface area contributed by atoms with E-state index in [9.17, 15) is 4.79 Å². The van der Waals surface area contributed by atoms with Crippen LogP contribution in [0.2, 0.25) is 5.02 Å². The highest BCUT2D eigenvalue weighted by molar-refractivity contribution is 6.31. The standard InChI is InChI=1S/C17H25ClN2O/c1-12-4-5-13(18)10-15(12)20-16(21)11-19-14-6-8-17(2,3)9-7-14/h4-5,10,14,19H,6-9,11H2,1-3H3,(H,20,21). The van der Waals surface area contributed by atoms with E-state index in [1.807, 2.05) is 19.1 Å². The van der Waals surface area contributed by atoms with Gasteiger partial charge in [-0.1, -0.05) is 31.5 Å². The number of anilines is 1. The lowest BCUT2D eigenvalue weighted by Gasteiger charge is -2.34. The maximum atomic E-state index is 12.0. The summed E-state index contributed by atoms with van der Waals surface area (Å²) in [6.07, 6.45) is 4.74. The zero-order valence-corrected chi connectivity index (χ0v) is 13.9. The maximum absolute atomic E-state index is 12.0. The zero-order valence-electron chi connectivity index (χ0n) is 13.1. The lowest BCUT2D eigenvalue weighted by molar-refractivity contribution is -0.115. The molecule has 2 rings (SSSR count). The molecule has 1 aliphatic rings. The molecule has 4 heteroatoms. The summed E-state index contributed by atoms with van der Waals surface area (Å²) in [5, 5.41) is 6.93. The number of carbonyl (C=O) groups is 1. The molecule has 0 spiro atoms. The van der Waals surface area contributed by atoms with Gasteiger partial charge in [0, 0.05) is 16.8 Å². The van der Waals surface area contributed by atoms with Crippen LogP contribution in [0.15, 0.2) is 18.2 Å². The van der Waals surface area contributed by atoms with E-state index in [2.05, 4.69) is 24.5 Å². The van der Waals surface area contributed by atoms with E-state index < -0.39 is 0 Å². The second kappa shape index (κ2) is 6.80. The summed E-state index contributed by atoms with van der Waals surface area (Å²) in [7, 11) is 0. The largest absolute Gasteiger partial charge is 0.325 e. The summed E-state index contributed by atoms with van der Waals surface area (Å²) < 4.78 is 0. The first-order chi connectivity index (χ1) is 9.85. The van der Waals surface area contributed by atoms with Crippen molar-refractivity contribution in [3.05, 3.63) is 28.8 Å². The van der Waals surface area contributed by atoms with Gasteiger partial charge in [-0.3, -0.25) is 4.79 Å². The minimum absolute atomic E-state index is 0.00907. The van der Waals surface area contributed by atoms with Gasteiger partial charge in [0.1, 0.15) is 0 Å². The van der Waals surface area contributed by atoms with Gasteiger partial charge in [0.25, 0.3) is 0 Å². The van der Waals surface area contributed by atoms with Crippen LogP contribution in [0.4, 0.5) is 5.69 Å². The highest BCUT2D eigenvalue weighted by Gasteiger charge is 2.26. The molecule has 0 heterocycles. The molecule has 0 atom stereocenters. The van der Waals surface area contributed by atoms with Crippen molar-refractivity contribution in [1.29, 1.82) is 0 Å². The fourth-order valence-electron chi connectivity index (χ4n) is 2.76. The number of aryl methyl sites for hydroxylation is 1. The van der Waals surface area contributed by atoms with Gasteiger partial charge in [0.2, 0.25) is 5.91 Å². The smallest absolute Gasteiger partial charge is 0.238 e. The van der Waals surface area contributed by atoms with Gasteiger partial charge in [-0.15, -0.1) is 0 Å². The molecule has 1 saturated carbocycles. The van der Waals surface area contributed by atoms with Gasteiger partial charge in [-0.25, -0.2) is 0 Å². The molecule has 0 bridgehead atoms. The number of halogens is 1. The first kappa shape index (κ1) is 16.3. The lowest BCUT2D eigenvalue weighted by atomic mass is 9.75. The van der Waals surface area contributed by atoms with Crippen molar-refractivity contribution in [1.82, 2.24) is 5.32 Å². The molecule has 0 aromatic heterocycles. The van der Waals surface area contributed by atoms with Crippen molar-refractivity contribution in [3.63, 3.8) is 0 Å². The van der Waals surface area contributed by atoms with Crippen LogP contribution in [0.25, 0.3) is 0 Å². The topological polar surface area (TPSA) is 41.1 Å². The van der Waals surface area contributed by atoms with E-state index in [4.69, 9.17) is 11.6 Å². The van der Waals surface area contributed by atoms with E-state index in [0.717, 1.165) is 24.1 Å². The molecule has 0 radical (unpaired) electrons. The Hall–Kier alpha value is -1.06. The molecule has 0 saturated heterocycles. The van der Waals surface area contributed by atoms with Crippen molar-refractivity contribution >= 4 is 23.2 Å². The van der Waals surface area contributed by atoms with Crippen LogP contribution in [0, 0.1) is 12.3 Å². The minimum atomic E-state index is -0.00907. The molecule has 1 amide bonds. The highest BCUT2D eigenvalue weighted by atomic mass is 35.5. The summed E-state index contributed by atoms with van der Waals surface area (Å²) in [5.74, 6) is -0.00907. The molecule has 116 valence electrons. The molecule has 0 aliphatic heterocycles. The lowest BCUT2D eigenvalue weighted by Crippen LogP contribution is -2.39. The Bertz CT molecular complexity index is 504. The zero-order chi connectivity index (χ0) is 15.5. The minimum Gasteiger partial charge on any atom is -0.325 e. The normalized spacial score (nSPS) is 18.5. The molecule has 21 heavy (non-hydrogen) atoms. The Morgan fingerprint density at radius 2 is 2.00 bits per heavy atom. The summed E-state index contributed by atoms with van der Waals surface area (Å²) in [5.41, 5.74) is 2.27. The van der Waals surface area contributed by atoms with Crippen molar-refractivity contribution in [2.75, 3.05) is 11.9 Å². The molecular formula is C17H25ClN2O. The van der Waals surface area contributed by atoms with E-state index in [-0.39, 0.29) is 5.91 Å². The predicted octanol–water partition coefficient (Wildman–Crippen LogP) is 4.15. The van der Waals surface area contributed by atoms with E-state index in [0.29, 0.717) is 23.0 Å². The first-order valence-corrected chi connectivity index (χ1v) is 8.03. The summed E-state index contributed by atoms with van der Waals surface area (Å²) in [6.45, 7) is 6.95. The van der Waals surface area contributed by atoms with Crippen LogP contribution < -0.4 is 10.6 Å². The maximum Gasteiger partial charge on any atom is 0.238 e. The fourth-order valence-corrected chi connectivity index (χ4v) is 2.94. The Balaban J connectivity index is 1.79. The third-order valence-corrected chi connectivity index (χ3v) is 4.60. The van der Waals surface area contributed by atoms with E-state index in [1.165, 1.54) is 12.8 Å². The van der Waals surface area contributed by atoms with Crippen LogP contribution >= 0.6 is 11.6 Å². The monoisotopic (exact) mass is 308 g/mol. The van der Waals surface area contributed by atoms with Crippen LogP contribution in [0.1, 0.15) is 45.1 Å². The molecule has 2 N–H and O–H groups in total. The second-order valence-electron chi connectivity index (χ2n) is 6.83. The number of amides is 1. The number of rotatable bonds is 4. The second-order valence-corrected chi connectivity index (χ2v) is 7.26. The quantitative estimate of drug-likeness (QED) is 0.877. The molecule has 1 aliphatic carbocycles. The molecule has 1 fully saturated rings. The van der Waals surface area contributed by atoms with Crippen molar-refractivity contribution in [2.24, 2.45) is 5.41 Å². The summed E-state index contributed by atoms with van der Waals surface area (Å²) in [6, 6.07) is 5.99. The molecule has 0 unspecified atom stereocenters. The average molecular weight is 309 g/mol. The molecule has 1 aromatic rings. The number of hydrogen-bond acceptors (Lipinski definition) is 2. The van der Waals surface area contributed by atoms with Crippen LogP contribution in [0.3, 0.4) is 0 Å². The Morgan fingerprint density at radius 1 is 1.33 bits per heavy atom. The molecular weight excluding hydrogens is 284 g/mol. The first-order valence-electron chi connectivity index (χ1n) is 7.65. The molecule has 3 nitrogen and oxygen atoms in total. The van der Waals surface area contributed by atoms with E-state index >= 15 is 0 Å². The number of hydrogen-bond donors (Lipinski definition) is 2. The number of benzene rings is 1. The Kier molecular flexibility index (Phi) is 5.28. The third-order valence-electron chi connectivity index (χ3n) is 4.36. The Morgan fingerprint density at radius 3 is 2.67 bits per heavy atom. The van der Waals surface area contributed by atoms with Crippen LogP contribution in [-0.2, 0) is 4.79 Å². The van der Waals surface area contributed by atoms with Crippen molar-refractivity contribution in [2.45, 2.75) is 52.5 Å².